The SMILES string of the molecule is CN1Cc2cnc3ccc(C4=CNC(C=N)N=C4)nc3c2N(c2cccc(C(F)(F)F)c2)C1=O. The fraction of sp³-hybridized carbons (Fsp3) is 0.174. The number of allylic oxidation sites excluding steroid dienone is 1. The Morgan fingerprint density at radius 3 is 2.76 bits per heavy atom. The largest absolute Gasteiger partial charge is 0.416 e. The van der Waals surface area contributed by atoms with E-state index in [0.29, 0.717) is 33.6 Å². The highest BCUT2D eigenvalue weighted by Gasteiger charge is 2.35. The maximum atomic E-state index is 13.4. The van der Waals surface area contributed by atoms with Crippen LogP contribution in [0, 0.1) is 5.41 Å². The zero-order chi connectivity index (χ0) is 24.0. The summed E-state index contributed by atoms with van der Waals surface area (Å²) >= 11 is 0. The molecule has 2 N–H and O–H groups in total. The van der Waals surface area contributed by atoms with Crippen molar-refractivity contribution >= 4 is 46.4 Å². The summed E-state index contributed by atoms with van der Waals surface area (Å²) in [6.45, 7) is 0.241. The molecule has 172 valence electrons. The zero-order valence-electron chi connectivity index (χ0n) is 17.8. The fourth-order valence-corrected chi connectivity index (χ4v) is 3.91. The number of alkyl halides is 3. The number of carbonyl (C=O) groups is 1. The van der Waals surface area contributed by atoms with Crippen LogP contribution in [-0.2, 0) is 12.7 Å². The third-order valence-electron chi connectivity index (χ3n) is 5.58. The van der Waals surface area contributed by atoms with Gasteiger partial charge in [-0.25, -0.2) is 9.78 Å². The number of halogens is 3. The Morgan fingerprint density at radius 1 is 1.24 bits per heavy atom. The van der Waals surface area contributed by atoms with Crippen molar-refractivity contribution in [2.24, 2.45) is 4.99 Å². The molecule has 2 amide bonds. The number of rotatable bonds is 3. The van der Waals surface area contributed by atoms with Gasteiger partial charge in [0.1, 0.15) is 5.52 Å². The quantitative estimate of drug-likeness (QED) is 0.563. The van der Waals surface area contributed by atoms with Gasteiger partial charge in [0.25, 0.3) is 0 Å². The van der Waals surface area contributed by atoms with Gasteiger partial charge in [-0.05, 0) is 30.3 Å². The topological polar surface area (TPSA) is 97.6 Å². The number of anilines is 2. The van der Waals surface area contributed by atoms with Gasteiger partial charge in [0.2, 0.25) is 0 Å². The van der Waals surface area contributed by atoms with E-state index < -0.39 is 23.9 Å². The normalized spacial score (nSPS) is 17.9. The summed E-state index contributed by atoms with van der Waals surface area (Å²) in [6.07, 6.45) is 1.04. The second-order valence-electron chi connectivity index (χ2n) is 7.87. The number of hydrogen-bond donors (Lipinski definition) is 2. The molecule has 5 rings (SSSR count). The van der Waals surface area contributed by atoms with Crippen LogP contribution in [0.3, 0.4) is 0 Å². The molecule has 4 heterocycles. The highest BCUT2D eigenvalue weighted by atomic mass is 19.4. The predicted octanol–water partition coefficient (Wildman–Crippen LogP) is 4.34. The number of nitrogens with zero attached hydrogens (tertiary/aromatic N) is 5. The van der Waals surface area contributed by atoms with Crippen molar-refractivity contribution in [3.63, 3.8) is 0 Å². The highest BCUT2D eigenvalue weighted by molar-refractivity contribution is 6.12. The van der Waals surface area contributed by atoms with Crippen molar-refractivity contribution < 1.29 is 18.0 Å². The molecule has 1 atom stereocenters. The number of carbonyl (C=O) groups excluding carboxylic acids is 1. The molecule has 11 heteroatoms. The van der Waals surface area contributed by atoms with Crippen molar-refractivity contribution in [1.29, 1.82) is 5.41 Å². The van der Waals surface area contributed by atoms with Crippen LogP contribution in [-0.4, -0.2) is 46.5 Å². The summed E-state index contributed by atoms with van der Waals surface area (Å²) in [6, 6.07) is 7.67. The number of pyridine rings is 2. The summed E-state index contributed by atoms with van der Waals surface area (Å²) in [5.41, 5.74) is 2.36. The van der Waals surface area contributed by atoms with E-state index in [1.807, 2.05) is 0 Å². The molecule has 1 unspecified atom stereocenters. The third-order valence-corrected chi connectivity index (χ3v) is 5.58. The number of amides is 2. The Labute approximate surface area is 192 Å². The van der Waals surface area contributed by atoms with Gasteiger partial charge in [0.05, 0.1) is 34.7 Å². The van der Waals surface area contributed by atoms with E-state index in [2.05, 4.69) is 15.3 Å². The van der Waals surface area contributed by atoms with E-state index in [1.54, 1.807) is 37.8 Å². The Balaban J connectivity index is 1.69. The maximum Gasteiger partial charge on any atom is 0.416 e. The van der Waals surface area contributed by atoms with E-state index in [9.17, 15) is 18.0 Å². The Kier molecular flexibility index (Phi) is 5.03. The first-order chi connectivity index (χ1) is 16.3. The second-order valence-corrected chi connectivity index (χ2v) is 7.87. The average molecular weight is 465 g/mol. The molecule has 0 saturated heterocycles. The monoisotopic (exact) mass is 465 g/mol. The van der Waals surface area contributed by atoms with Crippen LogP contribution in [0.2, 0.25) is 0 Å². The number of aliphatic imine (C=N–C) groups is 1. The molecular formula is C23H18F3N7O. The lowest BCUT2D eigenvalue weighted by molar-refractivity contribution is -0.137. The van der Waals surface area contributed by atoms with Crippen LogP contribution in [0.25, 0.3) is 16.6 Å². The van der Waals surface area contributed by atoms with Gasteiger partial charge in [-0.3, -0.25) is 14.9 Å². The van der Waals surface area contributed by atoms with E-state index in [-0.39, 0.29) is 12.2 Å². The number of urea groups is 1. The van der Waals surface area contributed by atoms with Crippen molar-refractivity contribution in [3.05, 3.63) is 65.6 Å². The molecule has 0 radical (unpaired) electrons. The van der Waals surface area contributed by atoms with Gasteiger partial charge in [-0.2, -0.15) is 13.2 Å². The number of aromatic nitrogens is 2. The minimum absolute atomic E-state index is 0.0845. The molecule has 34 heavy (non-hydrogen) atoms. The van der Waals surface area contributed by atoms with Gasteiger partial charge in [-0.15, -0.1) is 0 Å². The van der Waals surface area contributed by atoms with Crippen molar-refractivity contribution in [3.8, 4) is 0 Å². The van der Waals surface area contributed by atoms with Crippen LogP contribution in [0.15, 0.2) is 53.8 Å². The van der Waals surface area contributed by atoms with Crippen LogP contribution in [0.1, 0.15) is 16.8 Å². The molecule has 8 nitrogen and oxygen atoms in total. The Bertz CT molecular complexity index is 1380. The predicted molar refractivity (Wildman–Crippen MR) is 122 cm³/mol. The zero-order valence-corrected chi connectivity index (χ0v) is 17.8. The smallest absolute Gasteiger partial charge is 0.365 e. The number of benzene rings is 1. The molecule has 0 spiro atoms. The standard InChI is InChI=1S/C23H18F3N7O/c1-32-12-14-11-28-18-6-5-17(13-9-29-19(8-27)30-10-13)31-20(18)21(14)33(22(32)34)16-4-2-3-15(7-16)23(24,25)26/h2-11,19,27,29H,12H2,1H3. The summed E-state index contributed by atoms with van der Waals surface area (Å²) in [7, 11) is 1.58. The number of fused-ring (bicyclic) bond motifs is 3. The first kappa shape index (κ1) is 21.6. The highest BCUT2D eigenvalue weighted by Crippen LogP contribution is 2.40. The molecule has 2 aliphatic rings. The van der Waals surface area contributed by atoms with Gasteiger partial charge in [0.15, 0.2) is 6.17 Å². The molecule has 0 saturated carbocycles. The number of hydrogen-bond acceptors (Lipinski definition) is 6. The van der Waals surface area contributed by atoms with Crippen LogP contribution >= 0.6 is 0 Å². The molecular weight excluding hydrogens is 447 g/mol. The average Bonchev–Trinajstić information content (AvgIpc) is 2.84. The number of nitrogens with one attached hydrogen (secondary N) is 2. The van der Waals surface area contributed by atoms with E-state index in [0.717, 1.165) is 18.3 Å². The summed E-state index contributed by atoms with van der Waals surface area (Å²) < 4.78 is 40.2. The van der Waals surface area contributed by atoms with Crippen molar-refractivity contribution in [2.75, 3.05) is 11.9 Å². The van der Waals surface area contributed by atoms with Crippen molar-refractivity contribution in [2.45, 2.75) is 18.9 Å². The van der Waals surface area contributed by atoms with Crippen LogP contribution in [0.5, 0.6) is 0 Å². The Morgan fingerprint density at radius 2 is 2.06 bits per heavy atom. The van der Waals surface area contributed by atoms with Gasteiger partial charge >= 0.3 is 12.2 Å². The lowest BCUT2D eigenvalue weighted by atomic mass is 10.1. The van der Waals surface area contributed by atoms with E-state index in [1.165, 1.54) is 21.9 Å². The van der Waals surface area contributed by atoms with Gasteiger partial charge in [-0.1, -0.05) is 6.07 Å². The first-order valence-electron chi connectivity index (χ1n) is 10.3. The Hall–Kier alpha value is -4.28. The molecule has 3 aromatic rings. The molecule has 2 aliphatic heterocycles. The molecule has 0 bridgehead atoms. The van der Waals surface area contributed by atoms with Gasteiger partial charge in [0, 0.05) is 43.0 Å². The third kappa shape index (κ3) is 3.64. The molecule has 2 aromatic heterocycles. The first-order valence-corrected chi connectivity index (χ1v) is 10.3. The van der Waals surface area contributed by atoms with Gasteiger partial charge < -0.3 is 15.6 Å². The van der Waals surface area contributed by atoms with E-state index >= 15 is 0 Å². The fourth-order valence-electron chi connectivity index (χ4n) is 3.91. The molecule has 1 aromatic carbocycles. The lowest BCUT2D eigenvalue weighted by Gasteiger charge is -2.35. The summed E-state index contributed by atoms with van der Waals surface area (Å²) in [5.74, 6) is 0. The molecule has 0 aliphatic carbocycles. The summed E-state index contributed by atoms with van der Waals surface area (Å²) in [5, 5.41) is 10.3. The van der Waals surface area contributed by atoms with Crippen molar-refractivity contribution in [1.82, 2.24) is 20.2 Å². The van der Waals surface area contributed by atoms with E-state index in [4.69, 9.17) is 10.4 Å². The van der Waals surface area contributed by atoms with Crippen LogP contribution in [0.4, 0.5) is 29.3 Å². The molecule has 0 fully saturated rings. The minimum atomic E-state index is -4.55. The lowest BCUT2D eigenvalue weighted by Crippen LogP contribution is -2.42. The van der Waals surface area contributed by atoms with Crippen LogP contribution < -0.4 is 10.2 Å². The summed E-state index contributed by atoms with van der Waals surface area (Å²) in [4.78, 5) is 29.2. The second kappa shape index (κ2) is 7.94. The maximum absolute atomic E-state index is 13.4. The minimum Gasteiger partial charge on any atom is -0.365 e.